The first-order chi connectivity index (χ1) is 13.4. The van der Waals surface area contributed by atoms with Gasteiger partial charge in [0.1, 0.15) is 0 Å². The van der Waals surface area contributed by atoms with Gasteiger partial charge in [0.05, 0.1) is 10.3 Å². The molecule has 2 aromatic rings. The summed E-state index contributed by atoms with van der Waals surface area (Å²) in [7, 11) is 0. The Kier molecular flexibility index (Phi) is 5.21. The molecule has 2 N–H and O–H groups in total. The first-order valence-corrected chi connectivity index (χ1v) is 8.86. The standard InChI is InChI=1S/C20H19N3O5/c1-2-20(12-11-17(24)22-19(20)26)14-5-7-15(8-6-14)21-18(25)13-3-9-16(10-4-13)23(27)28/h3-10H,2,11-12H2,1H3,(H,21,25)(H,22,24,26). The maximum Gasteiger partial charge on any atom is 0.269 e. The van der Waals surface area contributed by atoms with Crippen LogP contribution in [-0.4, -0.2) is 22.6 Å². The number of non-ortho nitro benzene ring substituents is 1. The van der Waals surface area contributed by atoms with E-state index in [9.17, 15) is 24.5 Å². The van der Waals surface area contributed by atoms with Crippen LogP contribution in [0.5, 0.6) is 0 Å². The molecule has 8 nitrogen and oxygen atoms in total. The zero-order valence-electron chi connectivity index (χ0n) is 15.2. The van der Waals surface area contributed by atoms with E-state index >= 15 is 0 Å². The van der Waals surface area contributed by atoms with Gasteiger partial charge in [-0.15, -0.1) is 0 Å². The summed E-state index contributed by atoms with van der Waals surface area (Å²) < 4.78 is 0. The summed E-state index contributed by atoms with van der Waals surface area (Å²) in [5, 5.41) is 15.8. The molecule has 1 aliphatic heterocycles. The third kappa shape index (κ3) is 3.62. The highest BCUT2D eigenvalue weighted by atomic mass is 16.6. The fraction of sp³-hybridized carbons (Fsp3) is 0.250. The number of rotatable bonds is 5. The van der Waals surface area contributed by atoms with Gasteiger partial charge in [0.25, 0.3) is 11.6 Å². The Labute approximate surface area is 161 Å². The van der Waals surface area contributed by atoms with E-state index < -0.39 is 16.2 Å². The number of benzene rings is 2. The summed E-state index contributed by atoms with van der Waals surface area (Å²) in [5.74, 6) is -0.955. The summed E-state index contributed by atoms with van der Waals surface area (Å²) in [4.78, 5) is 46.4. The molecule has 0 bridgehead atoms. The molecule has 144 valence electrons. The van der Waals surface area contributed by atoms with E-state index in [-0.39, 0.29) is 23.9 Å². The van der Waals surface area contributed by atoms with Crippen molar-refractivity contribution in [3.63, 3.8) is 0 Å². The molecule has 3 rings (SSSR count). The van der Waals surface area contributed by atoms with E-state index in [0.717, 1.165) is 5.56 Å². The largest absolute Gasteiger partial charge is 0.322 e. The predicted octanol–water partition coefficient (Wildman–Crippen LogP) is 2.93. The summed E-state index contributed by atoms with van der Waals surface area (Å²) in [6.07, 6.45) is 1.29. The number of carbonyl (C=O) groups is 3. The lowest BCUT2D eigenvalue weighted by Crippen LogP contribution is -2.51. The number of carbonyl (C=O) groups excluding carboxylic acids is 3. The molecule has 0 aromatic heterocycles. The molecular formula is C20H19N3O5. The maximum absolute atomic E-state index is 12.4. The molecule has 1 unspecified atom stereocenters. The highest BCUT2D eigenvalue weighted by Crippen LogP contribution is 2.36. The van der Waals surface area contributed by atoms with Crippen LogP contribution in [0, 0.1) is 10.1 Å². The molecule has 0 aliphatic carbocycles. The van der Waals surface area contributed by atoms with E-state index in [1.807, 2.05) is 6.92 Å². The number of nitro benzene ring substituents is 1. The average molecular weight is 381 g/mol. The third-order valence-electron chi connectivity index (χ3n) is 5.11. The number of nitrogens with one attached hydrogen (secondary N) is 2. The molecule has 0 saturated carbocycles. The van der Waals surface area contributed by atoms with Crippen LogP contribution in [-0.2, 0) is 15.0 Å². The van der Waals surface area contributed by atoms with Gasteiger partial charge in [-0.1, -0.05) is 19.1 Å². The predicted molar refractivity (Wildman–Crippen MR) is 102 cm³/mol. The second-order valence-corrected chi connectivity index (χ2v) is 6.65. The molecule has 3 amide bonds. The molecular weight excluding hydrogens is 362 g/mol. The number of hydrogen-bond donors (Lipinski definition) is 2. The summed E-state index contributed by atoms with van der Waals surface area (Å²) >= 11 is 0. The van der Waals surface area contributed by atoms with Crippen molar-refractivity contribution in [2.45, 2.75) is 31.6 Å². The van der Waals surface area contributed by atoms with E-state index in [2.05, 4.69) is 10.6 Å². The molecule has 1 fully saturated rings. The number of anilines is 1. The van der Waals surface area contributed by atoms with Crippen LogP contribution in [0.15, 0.2) is 48.5 Å². The highest BCUT2D eigenvalue weighted by molar-refractivity contribution is 6.05. The molecule has 1 aliphatic rings. The lowest BCUT2D eigenvalue weighted by Gasteiger charge is -2.35. The SMILES string of the molecule is CCC1(c2ccc(NC(=O)c3ccc([N+](=O)[O-])cc3)cc2)CCC(=O)NC1=O. The van der Waals surface area contributed by atoms with Crippen LogP contribution >= 0.6 is 0 Å². The minimum absolute atomic E-state index is 0.0880. The van der Waals surface area contributed by atoms with Gasteiger partial charge in [0, 0.05) is 29.8 Å². The lowest BCUT2D eigenvalue weighted by atomic mass is 9.72. The van der Waals surface area contributed by atoms with Crippen LogP contribution in [0.2, 0.25) is 0 Å². The van der Waals surface area contributed by atoms with E-state index in [0.29, 0.717) is 24.1 Å². The van der Waals surface area contributed by atoms with Crippen LogP contribution < -0.4 is 10.6 Å². The molecule has 0 radical (unpaired) electrons. The summed E-state index contributed by atoms with van der Waals surface area (Å²) in [6, 6.07) is 12.2. The van der Waals surface area contributed by atoms with Crippen LogP contribution in [0.25, 0.3) is 0 Å². The molecule has 28 heavy (non-hydrogen) atoms. The van der Waals surface area contributed by atoms with Crippen LogP contribution in [0.1, 0.15) is 42.1 Å². The van der Waals surface area contributed by atoms with Crippen molar-refractivity contribution in [1.29, 1.82) is 0 Å². The van der Waals surface area contributed by atoms with Crippen molar-refractivity contribution in [2.75, 3.05) is 5.32 Å². The van der Waals surface area contributed by atoms with Crippen molar-refractivity contribution >= 4 is 29.1 Å². The van der Waals surface area contributed by atoms with Gasteiger partial charge in [-0.25, -0.2) is 0 Å². The summed E-state index contributed by atoms with van der Waals surface area (Å²) in [6.45, 7) is 1.90. The number of hydrogen-bond acceptors (Lipinski definition) is 5. The summed E-state index contributed by atoms with van der Waals surface area (Å²) in [5.41, 5.74) is 0.772. The fourth-order valence-electron chi connectivity index (χ4n) is 3.38. The molecule has 8 heteroatoms. The molecule has 2 aromatic carbocycles. The Morgan fingerprint density at radius 2 is 1.79 bits per heavy atom. The van der Waals surface area contributed by atoms with E-state index in [1.54, 1.807) is 24.3 Å². The number of imide groups is 1. The molecule has 0 spiro atoms. The maximum atomic E-state index is 12.4. The van der Waals surface area contributed by atoms with Crippen molar-refractivity contribution in [1.82, 2.24) is 5.32 Å². The van der Waals surface area contributed by atoms with Crippen LogP contribution in [0.3, 0.4) is 0 Å². The van der Waals surface area contributed by atoms with Crippen molar-refractivity contribution in [3.05, 3.63) is 69.8 Å². The fourth-order valence-corrected chi connectivity index (χ4v) is 3.38. The number of nitrogens with zero attached hydrogens (tertiary/aromatic N) is 1. The topological polar surface area (TPSA) is 118 Å². The Morgan fingerprint density at radius 1 is 1.14 bits per heavy atom. The van der Waals surface area contributed by atoms with Crippen molar-refractivity contribution in [3.8, 4) is 0 Å². The molecule has 1 atom stereocenters. The molecule has 1 heterocycles. The molecule has 1 saturated heterocycles. The van der Waals surface area contributed by atoms with Gasteiger partial charge >= 0.3 is 0 Å². The van der Waals surface area contributed by atoms with Gasteiger partial charge < -0.3 is 5.32 Å². The minimum atomic E-state index is -0.755. The minimum Gasteiger partial charge on any atom is -0.322 e. The van der Waals surface area contributed by atoms with Crippen LogP contribution in [0.4, 0.5) is 11.4 Å². The average Bonchev–Trinajstić information content (AvgIpc) is 2.69. The smallest absolute Gasteiger partial charge is 0.269 e. The third-order valence-corrected chi connectivity index (χ3v) is 5.11. The highest BCUT2D eigenvalue weighted by Gasteiger charge is 2.42. The normalized spacial score (nSPS) is 19.0. The lowest BCUT2D eigenvalue weighted by molar-refractivity contribution is -0.384. The Hall–Kier alpha value is -3.55. The van der Waals surface area contributed by atoms with Gasteiger partial charge in [-0.2, -0.15) is 0 Å². The first-order valence-electron chi connectivity index (χ1n) is 8.86. The van der Waals surface area contributed by atoms with Gasteiger partial charge in [0.2, 0.25) is 11.8 Å². The second-order valence-electron chi connectivity index (χ2n) is 6.65. The first kappa shape index (κ1) is 19.2. The number of piperidine rings is 1. The Balaban J connectivity index is 1.75. The second kappa shape index (κ2) is 7.59. The van der Waals surface area contributed by atoms with Gasteiger partial charge in [0.15, 0.2) is 0 Å². The van der Waals surface area contributed by atoms with E-state index in [4.69, 9.17) is 0 Å². The van der Waals surface area contributed by atoms with E-state index in [1.165, 1.54) is 24.3 Å². The van der Waals surface area contributed by atoms with Gasteiger partial charge in [-0.05, 0) is 42.7 Å². The quantitative estimate of drug-likeness (QED) is 0.469. The number of nitro groups is 1. The monoisotopic (exact) mass is 381 g/mol. The zero-order valence-corrected chi connectivity index (χ0v) is 15.2. The Morgan fingerprint density at radius 3 is 2.32 bits per heavy atom. The van der Waals surface area contributed by atoms with Gasteiger partial charge in [-0.3, -0.25) is 29.8 Å². The number of amides is 3. The van der Waals surface area contributed by atoms with Crippen molar-refractivity contribution in [2.24, 2.45) is 0 Å². The van der Waals surface area contributed by atoms with Crippen molar-refractivity contribution < 1.29 is 19.3 Å². The Bertz CT molecular complexity index is 937. The zero-order chi connectivity index (χ0) is 20.3.